The van der Waals surface area contributed by atoms with Crippen LogP contribution in [0.2, 0.25) is 0 Å². The number of hydrogen-bond donors (Lipinski definition) is 1. The molecule has 0 aliphatic rings. The minimum atomic E-state index is -4.83. The Labute approximate surface area is 141 Å². The van der Waals surface area contributed by atoms with Gasteiger partial charge in [-0.25, -0.2) is 13.6 Å². The van der Waals surface area contributed by atoms with Crippen LogP contribution in [0.25, 0.3) is 0 Å². The average Bonchev–Trinajstić information content (AvgIpc) is 2.42. The normalized spacial score (nSPS) is 12.4. The molecule has 0 aliphatic carbocycles. The minimum Gasteiger partial charge on any atom is -0.405 e. The van der Waals surface area contributed by atoms with Crippen molar-refractivity contribution in [3.63, 3.8) is 0 Å². The number of unbranched alkanes of at least 4 members (excludes halogenated alkanes) is 5. The molecule has 1 aromatic rings. The van der Waals surface area contributed by atoms with E-state index >= 15 is 0 Å². The lowest BCUT2D eigenvalue weighted by Gasteiger charge is -2.17. The summed E-state index contributed by atoms with van der Waals surface area (Å²) >= 11 is 0. The van der Waals surface area contributed by atoms with Gasteiger partial charge in [0.2, 0.25) is 10.0 Å². The van der Waals surface area contributed by atoms with E-state index < -0.39 is 16.4 Å². The number of hydrogen-bond acceptors (Lipinski definition) is 3. The maximum atomic E-state index is 12.6. The minimum absolute atomic E-state index is 0.169. The SMILES string of the molecule is CCCCCCCCc1c(OC(F)(F)F)ccc(S(N)(=O)=O)c1C. The first-order valence-corrected chi connectivity index (χ1v) is 9.52. The molecular formula is C16H24F3NO3S. The van der Waals surface area contributed by atoms with Crippen molar-refractivity contribution in [2.75, 3.05) is 0 Å². The number of rotatable bonds is 9. The molecule has 8 heteroatoms. The van der Waals surface area contributed by atoms with Crippen LogP contribution in [-0.4, -0.2) is 14.8 Å². The van der Waals surface area contributed by atoms with Crippen LogP contribution in [-0.2, 0) is 16.4 Å². The van der Waals surface area contributed by atoms with Crippen LogP contribution in [0.1, 0.15) is 56.6 Å². The van der Waals surface area contributed by atoms with E-state index in [1.165, 1.54) is 6.92 Å². The van der Waals surface area contributed by atoms with E-state index in [9.17, 15) is 21.6 Å². The van der Waals surface area contributed by atoms with Gasteiger partial charge in [0.1, 0.15) is 5.75 Å². The Kier molecular flexibility index (Phi) is 7.54. The monoisotopic (exact) mass is 367 g/mol. The highest BCUT2D eigenvalue weighted by molar-refractivity contribution is 7.89. The van der Waals surface area contributed by atoms with Crippen molar-refractivity contribution in [1.82, 2.24) is 0 Å². The second-order valence-electron chi connectivity index (χ2n) is 5.78. The predicted molar refractivity (Wildman–Crippen MR) is 86.3 cm³/mol. The topological polar surface area (TPSA) is 69.4 Å². The predicted octanol–water partition coefficient (Wildman–Crippen LogP) is 4.44. The van der Waals surface area contributed by atoms with Gasteiger partial charge in [-0.3, -0.25) is 0 Å². The molecule has 24 heavy (non-hydrogen) atoms. The van der Waals surface area contributed by atoms with Gasteiger partial charge >= 0.3 is 6.36 Å². The summed E-state index contributed by atoms with van der Waals surface area (Å²) in [7, 11) is -4.00. The number of benzene rings is 1. The fourth-order valence-electron chi connectivity index (χ4n) is 2.63. The standard InChI is InChI=1S/C16H24F3NO3S/c1-3-4-5-6-7-8-9-13-12(2)15(24(20,21)22)11-10-14(13)23-16(17,18)19/h10-11H,3-9H2,1-2H3,(H2,20,21,22). The molecule has 2 N–H and O–H groups in total. The van der Waals surface area contributed by atoms with E-state index in [1.807, 2.05) is 0 Å². The van der Waals surface area contributed by atoms with Crippen molar-refractivity contribution in [1.29, 1.82) is 0 Å². The van der Waals surface area contributed by atoms with Crippen molar-refractivity contribution >= 4 is 10.0 Å². The van der Waals surface area contributed by atoms with Gasteiger partial charge in [-0.1, -0.05) is 39.0 Å². The van der Waals surface area contributed by atoms with Crippen molar-refractivity contribution in [3.8, 4) is 5.75 Å². The smallest absolute Gasteiger partial charge is 0.405 e. The molecule has 0 spiro atoms. The first-order valence-electron chi connectivity index (χ1n) is 7.97. The Morgan fingerprint density at radius 3 is 2.21 bits per heavy atom. The summed E-state index contributed by atoms with van der Waals surface area (Å²) in [4.78, 5) is -0.169. The van der Waals surface area contributed by atoms with Gasteiger partial charge in [-0.15, -0.1) is 13.2 Å². The van der Waals surface area contributed by atoms with Crippen LogP contribution >= 0.6 is 0 Å². The molecule has 0 heterocycles. The molecule has 0 saturated heterocycles. The fraction of sp³-hybridized carbons (Fsp3) is 0.625. The largest absolute Gasteiger partial charge is 0.573 e. The van der Waals surface area contributed by atoms with Gasteiger partial charge < -0.3 is 4.74 Å². The molecule has 0 atom stereocenters. The first-order chi connectivity index (χ1) is 11.1. The molecule has 0 fully saturated rings. The van der Waals surface area contributed by atoms with E-state index in [0.29, 0.717) is 12.8 Å². The van der Waals surface area contributed by atoms with Crippen LogP contribution < -0.4 is 9.88 Å². The third kappa shape index (κ3) is 6.68. The van der Waals surface area contributed by atoms with E-state index in [-0.39, 0.29) is 21.8 Å². The van der Waals surface area contributed by atoms with Crippen LogP contribution in [0.5, 0.6) is 5.75 Å². The molecule has 0 unspecified atom stereocenters. The van der Waals surface area contributed by atoms with Gasteiger partial charge in [0, 0.05) is 0 Å². The molecule has 0 bridgehead atoms. The number of nitrogens with two attached hydrogens (primary N) is 1. The maximum Gasteiger partial charge on any atom is 0.573 e. The summed E-state index contributed by atoms with van der Waals surface area (Å²) in [6.07, 6.45) is 1.33. The fourth-order valence-corrected chi connectivity index (χ4v) is 3.44. The molecule has 0 amide bonds. The Balaban J connectivity index is 2.98. The molecule has 0 aromatic heterocycles. The summed E-state index contributed by atoms with van der Waals surface area (Å²) in [5, 5.41) is 5.12. The summed E-state index contributed by atoms with van der Waals surface area (Å²) in [5.41, 5.74) is 0.460. The van der Waals surface area contributed by atoms with Gasteiger partial charge in [0.15, 0.2) is 0 Å². The Hall–Kier alpha value is -1.28. The van der Waals surface area contributed by atoms with E-state index in [4.69, 9.17) is 5.14 Å². The van der Waals surface area contributed by atoms with Gasteiger partial charge in [0.25, 0.3) is 0 Å². The highest BCUT2D eigenvalue weighted by Crippen LogP contribution is 2.32. The summed E-state index contributed by atoms with van der Waals surface area (Å²) in [5.74, 6) is -0.360. The Bertz CT molecular complexity index is 643. The van der Waals surface area contributed by atoms with Crippen LogP contribution in [0.3, 0.4) is 0 Å². The summed E-state index contributed by atoms with van der Waals surface area (Å²) in [6.45, 7) is 3.55. The Morgan fingerprint density at radius 1 is 1.08 bits per heavy atom. The number of primary sulfonamides is 1. The molecule has 0 radical (unpaired) electrons. The van der Waals surface area contributed by atoms with Crippen molar-refractivity contribution in [2.45, 2.75) is 70.1 Å². The molecule has 138 valence electrons. The third-order valence-corrected chi connectivity index (χ3v) is 4.87. The van der Waals surface area contributed by atoms with Crippen LogP contribution in [0.4, 0.5) is 13.2 Å². The quantitative estimate of drug-likeness (QED) is 0.656. The van der Waals surface area contributed by atoms with Gasteiger partial charge in [-0.05, 0) is 43.0 Å². The van der Waals surface area contributed by atoms with E-state index in [2.05, 4.69) is 11.7 Å². The maximum absolute atomic E-state index is 12.6. The first kappa shape index (κ1) is 20.8. The zero-order valence-electron chi connectivity index (χ0n) is 13.9. The molecule has 1 rings (SSSR count). The average molecular weight is 367 g/mol. The number of sulfonamides is 1. The molecule has 4 nitrogen and oxygen atoms in total. The van der Waals surface area contributed by atoms with Crippen molar-refractivity contribution in [3.05, 3.63) is 23.3 Å². The lowest BCUT2D eigenvalue weighted by molar-refractivity contribution is -0.274. The van der Waals surface area contributed by atoms with E-state index in [1.54, 1.807) is 0 Å². The number of ether oxygens (including phenoxy) is 1. The van der Waals surface area contributed by atoms with Gasteiger partial charge in [-0.2, -0.15) is 0 Å². The Morgan fingerprint density at radius 2 is 1.67 bits per heavy atom. The summed E-state index contributed by atoms with van der Waals surface area (Å²) in [6, 6.07) is 2.07. The zero-order valence-corrected chi connectivity index (χ0v) is 14.8. The lowest BCUT2D eigenvalue weighted by Crippen LogP contribution is -2.20. The van der Waals surface area contributed by atoms with E-state index in [0.717, 1.165) is 44.2 Å². The number of alkyl halides is 3. The zero-order chi connectivity index (χ0) is 18.4. The van der Waals surface area contributed by atoms with Crippen molar-refractivity contribution in [2.24, 2.45) is 5.14 Å². The lowest BCUT2D eigenvalue weighted by atomic mass is 10.00. The molecule has 0 saturated carbocycles. The second-order valence-corrected chi connectivity index (χ2v) is 7.31. The second kappa shape index (κ2) is 8.71. The highest BCUT2D eigenvalue weighted by Gasteiger charge is 2.33. The van der Waals surface area contributed by atoms with Gasteiger partial charge in [0.05, 0.1) is 4.90 Å². The van der Waals surface area contributed by atoms with Crippen molar-refractivity contribution < 1.29 is 26.3 Å². The third-order valence-electron chi connectivity index (χ3n) is 3.82. The highest BCUT2D eigenvalue weighted by atomic mass is 32.2. The summed E-state index contributed by atoms with van der Waals surface area (Å²) < 4.78 is 64.8. The molecule has 0 aliphatic heterocycles. The molecule has 1 aromatic carbocycles. The van der Waals surface area contributed by atoms with Crippen LogP contribution in [0.15, 0.2) is 17.0 Å². The number of halogens is 3. The molecular weight excluding hydrogens is 343 g/mol. The van der Waals surface area contributed by atoms with Crippen LogP contribution in [0, 0.1) is 6.92 Å².